The van der Waals surface area contributed by atoms with Crippen molar-refractivity contribution in [2.75, 3.05) is 37.1 Å². The smallest absolute Gasteiger partial charge is 0.355 e. The monoisotopic (exact) mass is 514 g/mol. The van der Waals surface area contributed by atoms with Crippen LogP contribution >= 0.6 is 0 Å². The minimum atomic E-state index is -0.968. The van der Waals surface area contributed by atoms with E-state index in [1.54, 1.807) is 42.5 Å². The highest BCUT2D eigenvalue weighted by atomic mass is 16.5. The van der Waals surface area contributed by atoms with Gasteiger partial charge in [0.05, 0.1) is 59.8 Å². The lowest BCUT2D eigenvalue weighted by atomic mass is 9.81. The summed E-state index contributed by atoms with van der Waals surface area (Å²) in [6, 6.07) is 14.4. The fourth-order valence-corrected chi connectivity index (χ4v) is 5.21. The second-order valence-corrected chi connectivity index (χ2v) is 9.00. The van der Waals surface area contributed by atoms with Gasteiger partial charge in [0.1, 0.15) is 11.5 Å². The molecule has 0 bridgehead atoms. The molecule has 2 aliphatic rings. The molecule has 3 aromatic rings. The number of fused-ring (bicyclic) bond motifs is 1. The number of aromatic nitrogens is 2. The number of nitriles is 1. The summed E-state index contributed by atoms with van der Waals surface area (Å²) in [7, 11) is 2.41. The van der Waals surface area contributed by atoms with Gasteiger partial charge in [-0.05, 0) is 30.5 Å². The quantitative estimate of drug-likeness (QED) is 0.435. The number of allylic oxidation sites excluding steroid dienone is 1. The van der Waals surface area contributed by atoms with Gasteiger partial charge in [-0.3, -0.25) is 4.90 Å². The zero-order chi connectivity index (χ0) is 27.0. The van der Waals surface area contributed by atoms with Crippen LogP contribution in [0, 0.1) is 11.3 Å². The van der Waals surface area contributed by atoms with Crippen molar-refractivity contribution >= 4 is 34.3 Å². The van der Waals surface area contributed by atoms with Crippen LogP contribution in [-0.4, -0.2) is 49.2 Å². The number of hydrogen-bond donors (Lipinski definition) is 3. The molecule has 0 aliphatic carbocycles. The van der Waals surface area contributed by atoms with E-state index < -0.39 is 23.5 Å². The van der Waals surface area contributed by atoms with Crippen LogP contribution in [0.5, 0.6) is 0 Å². The number of methoxy groups -OCH3 is 2. The molecule has 2 aromatic carbocycles. The van der Waals surface area contributed by atoms with Gasteiger partial charge in [0.15, 0.2) is 0 Å². The van der Waals surface area contributed by atoms with Gasteiger partial charge in [0.25, 0.3) is 0 Å². The summed E-state index contributed by atoms with van der Waals surface area (Å²) in [5.41, 5.74) is 8.82. The normalized spacial score (nSPS) is 17.7. The first-order valence-electron chi connectivity index (χ1n) is 12.1. The highest BCUT2D eigenvalue weighted by molar-refractivity contribution is 6.07. The second-order valence-electron chi connectivity index (χ2n) is 9.00. The topological polar surface area (TPSA) is 158 Å². The molecule has 1 atom stereocenters. The summed E-state index contributed by atoms with van der Waals surface area (Å²) in [5, 5.41) is 10.3. The van der Waals surface area contributed by atoms with E-state index in [9.17, 15) is 19.6 Å². The van der Waals surface area contributed by atoms with Crippen LogP contribution in [0.1, 0.15) is 24.3 Å². The van der Waals surface area contributed by atoms with Crippen LogP contribution in [0.25, 0.3) is 11.0 Å². The van der Waals surface area contributed by atoms with E-state index >= 15 is 0 Å². The molecule has 2 aliphatic heterocycles. The van der Waals surface area contributed by atoms with E-state index in [1.807, 2.05) is 0 Å². The lowest BCUT2D eigenvalue weighted by molar-refractivity contribution is -0.139. The van der Waals surface area contributed by atoms with Crippen LogP contribution < -0.4 is 21.2 Å². The first-order valence-corrected chi connectivity index (χ1v) is 12.1. The molecule has 1 aromatic heterocycles. The number of carbonyl (C=O) groups is 2. The Morgan fingerprint density at radius 3 is 2.18 bits per heavy atom. The first-order chi connectivity index (χ1) is 18.4. The molecule has 1 saturated heterocycles. The number of nitrogens with zero attached hydrogens (tertiary/aromatic N) is 3. The van der Waals surface area contributed by atoms with E-state index in [0.717, 1.165) is 25.9 Å². The van der Waals surface area contributed by atoms with E-state index in [1.165, 1.54) is 19.1 Å². The van der Waals surface area contributed by atoms with Gasteiger partial charge >= 0.3 is 17.6 Å². The molecule has 0 saturated carbocycles. The van der Waals surface area contributed by atoms with Crippen LogP contribution in [0.15, 0.2) is 69.9 Å². The molecule has 0 radical (unpaired) electrons. The number of carbonyl (C=O) groups excluding carboxylic acids is 2. The number of nitrogens with one attached hydrogen (secondary N) is 2. The van der Waals surface area contributed by atoms with Crippen molar-refractivity contribution in [3.8, 4) is 6.07 Å². The summed E-state index contributed by atoms with van der Waals surface area (Å²) in [4.78, 5) is 47.8. The van der Waals surface area contributed by atoms with Gasteiger partial charge in [0, 0.05) is 13.1 Å². The average Bonchev–Trinajstić information content (AvgIpc) is 3.60. The minimum Gasteiger partial charge on any atom is -0.466 e. The third-order valence-electron chi connectivity index (χ3n) is 6.91. The van der Waals surface area contributed by atoms with Crippen molar-refractivity contribution in [1.82, 2.24) is 9.97 Å². The van der Waals surface area contributed by atoms with Gasteiger partial charge in [-0.15, -0.1) is 0 Å². The van der Waals surface area contributed by atoms with E-state index in [0.29, 0.717) is 28.0 Å². The molecule has 11 heteroatoms. The van der Waals surface area contributed by atoms with Gasteiger partial charge in [-0.25, -0.2) is 14.4 Å². The third kappa shape index (κ3) is 3.96. The standard InChI is InChI=1S/C27H26N6O5/c1-37-25(34)22-21(15-8-4-3-5-9-15)16(14-28)24(29)33(23(22)26(35)38-2)20-13-18-17(30-27(36)31-18)12-19(20)32-10-6-7-11-32/h3-5,8-9,12-13,21H,6-7,10-11,29H2,1-2H3,(H2,30,31,36). The minimum absolute atomic E-state index is 0.0351. The Kier molecular flexibility index (Phi) is 6.38. The fraction of sp³-hybridized carbons (Fsp3) is 0.259. The summed E-state index contributed by atoms with van der Waals surface area (Å²) < 4.78 is 10.3. The zero-order valence-electron chi connectivity index (χ0n) is 20.9. The van der Waals surface area contributed by atoms with Crippen LogP contribution in [-0.2, 0) is 19.1 Å². The molecule has 3 heterocycles. The predicted molar refractivity (Wildman–Crippen MR) is 140 cm³/mol. The van der Waals surface area contributed by atoms with E-state index in [2.05, 4.69) is 20.9 Å². The van der Waals surface area contributed by atoms with E-state index in [-0.39, 0.29) is 22.7 Å². The summed E-state index contributed by atoms with van der Waals surface area (Å²) >= 11 is 0. The molecule has 1 fully saturated rings. The molecule has 1 unspecified atom stereocenters. The number of hydrogen-bond acceptors (Lipinski definition) is 9. The Balaban J connectivity index is 1.87. The number of rotatable bonds is 5. The molecular weight excluding hydrogens is 488 g/mol. The number of anilines is 2. The molecule has 0 spiro atoms. The molecule has 0 amide bonds. The van der Waals surface area contributed by atoms with Crippen molar-refractivity contribution in [2.24, 2.45) is 5.73 Å². The number of benzene rings is 2. The van der Waals surface area contributed by atoms with Crippen molar-refractivity contribution in [2.45, 2.75) is 18.8 Å². The Morgan fingerprint density at radius 2 is 1.61 bits per heavy atom. The number of nitrogens with two attached hydrogens (primary N) is 1. The van der Waals surface area contributed by atoms with E-state index in [4.69, 9.17) is 15.2 Å². The maximum Gasteiger partial charge on any atom is 0.355 e. The van der Waals surface area contributed by atoms with Crippen molar-refractivity contribution < 1.29 is 19.1 Å². The average molecular weight is 515 g/mol. The third-order valence-corrected chi connectivity index (χ3v) is 6.91. The van der Waals surface area contributed by atoms with Crippen molar-refractivity contribution in [3.63, 3.8) is 0 Å². The lowest BCUT2D eigenvalue weighted by Crippen LogP contribution is -2.41. The number of esters is 2. The lowest BCUT2D eigenvalue weighted by Gasteiger charge is -2.37. The van der Waals surface area contributed by atoms with Gasteiger partial charge in [-0.2, -0.15) is 5.26 Å². The molecule has 5 rings (SSSR count). The van der Waals surface area contributed by atoms with Crippen LogP contribution in [0.3, 0.4) is 0 Å². The highest BCUT2D eigenvalue weighted by Crippen LogP contribution is 2.46. The number of aromatic amines is 2. The van der Waals surface area contributed by atoms with Crippen LogP contribution in [0.4, 0.5) is 11.4 Å². The van der Waals surface area contributed by atoms with Gasteiger partial charge in [0.2, 0.25) is 0 Å². The van der Waals surface area contributed by atoms with Crippen molar-refractivity contribution in [1.29, 1.82) is 5.26 Å². The molecule has 11 nitrogen and oxygen atoms in total. The Bertz CT molecular complexity index is 1590. The predicted octanol–water partition coefficient (Wildman–Crippen LogP) is 2.35. The molecule has 194 valence electrons. The maximum absolute atomic E-state index is 13.4. The number of ether oxygens (including phenoxy) is 2. The molecule has 38 heavy (non-hydrogen) atoms. The summed E-state index contributed by atoms with van der Waals surface area (Å²) in [6.45, 7) is 1.48. The van der Waals surface area contributed by atoms with Crippen LogP contribution in [0.2, 0.25) is 0 Å². The Morgan fingerprint density at radius 1 is 1.00 bits per heavy atom. The van der Waals surface area contributed by atoms with Gasteiger partial charge < -0.3 is 30.1 Å². The molecule has 4 N–H and O–H groups in total. The fourth-order valence-electron chi connectivity index (χ4n) is 5.21. The zero-order valence-corrected chi connectivity index (χ0v) is 20.9. The Labute approximate surface area is 217 Å². The van der Waals surface area contributed by atoms with Crippen molar-refractivity contribution in [3.05, 3.63) is 81.2 Å². The van der Waals surface area contributed by atoms with Gasteiger partial charge in [-0.1, -0.05) is 30.3 Å². The highest BCUT2D eigenvalue weighted by Gasteiger charge is 2.44. The molecular formula is C27H26N6O5. The summed E-state index contributed by atoms with van der Waals surface area (Å²) in [5.74, 6) is -2.64. The Hall–Kier alpha value is -4.98. The second kappa shape index (κ2) is 9.82. The maximum atomic E-state index is 13.4. The first kappa shape index (κ1) is 24.7. The SMILES string of the molecule is COC(=O)C1=C(C(=O)OC)N(c2cc3[nH]c(=O)[nH]c3cc2N2CCCC2)C(N)=C(C#N)C1c1ccccc1. The number of H-pyrrole nitrogens is 2. The summed E-state index contributed by atoms with van der Waals surface area (Å²) in [6.07, 6.45) is 1.91. The number of imidazole rings is 1. The largest absolute Gasteiger partial charge is 0.466 e.